The van der Waals surface area contributed by atoms with Gasteiger partial charge in [0.1, 0.15) is 5.76 Å². The number of benzene rings is 2. The number of hydrogen-bond acceptors (Lipinski definition) is 5. The van der Waals surface area contributed by atoms with Crippen molar-refractivity contribution in [3.05, 3.63) is 71.5 Å². The number of aromatic nitrogens is 1. The standard InChI is InChI=1S/C19H19N3O4S/c1-3-14-7-4-5-10-17(14)22-27(24,25)16-9-6-8-15(12-16)19(23)20-18-11-13(2)26-21-18/h4-12,22H,3H2,1-2H3,(H,20,21,23). The second kappa shape index (κ2) is 7.63. The summed E-state index contributed by atoms with van der Waals surface area (Å²) in [6.07, 6.45) is 0.693. The maximum Gasteiger partial charge on any atom is 0.261 e. The molecule has 1 amide bonds. The van der Waals surface area contributed by atoms with Crippen LogP contribution in [-0.2, 0) is 16.4 Å². The Kier molecular flexibility index (Phi) is 5.27. The fourth-order valence-electron chi connectivity index (χ4n) is 2.55. The van der Waals surface area contributed by atoms with Crippen molar-refractivity contribution in [2.24, 2.45) is 0 Å². The van der Waals surface area contributed by atoms with Crippen molar-refractivity contribution in [1.82, 2.24) is 5.16 Å². The predicted octanol–water partition coefficient (Wildman–Crippen LogP) is 3.60. The minimum Gasteiger partial charge on any atom is -0.360 e. The van der Waals surface area contributed by atoms with Gasteiger partial charge in [-0.15, -0.1) is 0 Å². The lowest BCUT2D eigenvalue weighted by Crippen LogP contribution is -2.16. The molecule has 0 aliphatic carbocycles. The Hall–Kier alpha value is -3.13. The van der Waals surface area contributed by atoms with Gasteiger partial charge in [-0.25, -0.2) is 8.42 Å². The van der Waals surface area contributed by atoms with Crippen LogP contribution < -0.4 is 10.0 Å². The van der Waals surface area contributed by atoms with Crippen molar-refractivity contribution in [3.8, 4) is 0 Å². The Bertz CT molecular complexity index is 1070. The zero-order valence-corrected chi connectivity index (χ0v) is 15.7. The van der Waals surface area contributed by atoms with E-state index < -0.39 is 15.9 Å². The van der Waals surface area contributed by atoms with Crippen LogP contribution in [0.3, 0.4) is 0 Å². The van der Waals surface area contributed by atoms with E-state index in [1.165, 1.54) is 24.3 Å². The first-order valence-electron chi connectivity index (χ1n) is 8.34. The summed E-state index contributed by atoms with van der Waals surface area (Å²) in [4.78, 5) is 12.4. The average molecular weight is 385 g/mol. The van der Waals surface area contributed by atoms with Crippen molar-refractivity contribution in [2.45, 2.75) is 25.2 Å². The second-order valence-corrected chi connectivity index (χ2v) is 7.60. The van der Waals surface area contributed by atoms with Gasteiger partial charge in [-0.1, -0.05) is 36.3 Å². The van der Waals surface area contributed by atoms with Crippen LogP contribution in [0.4, 0.5) is 11.5 Å². The zero-order chi connectivity index (χ0) is 19.4. The van der Waals surface area contributed by atoms with E-state index in [9.17, 15) is 13.2 Å². The van der Waals surface area contributed by atoms with Gasteiger partial charge in [0, 0.05) is 11.6 Å². The van der Waals surface area contributed by atoms with Gasteiger partial charge in [-0.05, 0) is 43.2 Å². The maximum absolute atomic E-state index is 12.7. The highest BCUT2D eigenvalue weighted by Gasteiger charge is 2.18. The van der Waals surface area contributed by atoms with E-state index in [1.807, 2.05) is 19.1 Å². The molecule has 0 bridgehead atoms. The van der Waals surface area contributed by atoms with E-state index in [0.29, 0.717) is 17.9 Å². The van der Waals surface area contributed by atoms with E-state index in [1.54, 1.807) is 25.1 Å². The SMILES string of the molecule is CCc1ccccc1NS(=O)(=O)c1cccc(C(=O)Nc2cc(C)on2)c1. The molecule has 0 atom stereocenters. The molecule has 27 heavy (non-hydrogen) atoms. The molecule has 140 valence electrons. The van der Waals surface area contributed by atoms with Gasteiger partial charge in [0.25, 0.3) is 15.9 Å². The molecule has 1 aromatic heterocycles. The molecule has 0 radical (unpaired) electrons. The fourth-order valence-corrected chi connectivity index (χ4v) is 3.70. The Morgan fingerprint density at radius 2 is 1.89 bits per heavy atom. The highest BCUT2D eigenvalue weighted by Crippen LogP contribution is 2.21. The Morgan fingerprint density at radius 1 is 1.11 bits per heavy atom. The van der Waals surface area contributed by atoms with Crippen LogP contribution in [0.2, 0.25) is 0 Å². The van der Waals surface area contributed by atoms with Gasteiger partial charge < -0.3 is 9.84 Å². The molecule has 0 aliphatic heterocycles. The molecule has 0 saturated heterocycles. The van der Waals surface area contributed by atoms with Gasteiger partial charge in [-0.3, -0.25) is 9.52 Å². The number of amides is 1. The van der Waals surface area contributed by atoms with Gasteiger partial charge >= 0.3 is 0 Å². The zero-order valence-electron chi connectivity index (χ0n) is 14.9. The van der Waals surface area contributed by atoms with E-state index >= 15 is 0 Å². The summed E-state index contributed by atoms with van der Waals surface area (Å²) < 4.78 is 33.0. The summed E-state index contributed by atoms with van der Waals surface area (Å²) in [6.45, 7) is 3.65. The molecule has 0 fully saturated rings. The first-order chi connectivity index (χ1) is 12.9. The number of aryl methyl sites for hydroxylation is 2. The first kappa shape index (κ1) is 18.7. The molecule has 0 saturated carbocycles. The summed E-state index contributed by atoms with van der Waals surface area (Å²) in [5.41, 5.74) is 1.60. The molecule has 3 rings (SSSR count). The minimum absolute atomic E-state index is 0.00242. The molecule has 0 unspecified atom stereocenters. The number of rotatable bonds is 6. The smallest absolute Gasteiger partial charge is 0.261 e. The van der Waals surface area contributed by atoms with Crippen LogP contribution in [0.5, 0.6) is 0 Å². The van der Waals surface area contributed by atoms with E-state index in [0.717, 1.165) is 5.56 Å². The van der Waals surface area contributed by atoms with E-state index in [4.69, 9.17) is 4.52 Å². The lowest BCUT2D eigenvalue weighted by atomic mass is 10.1. The third kappa shape index (κ3) is 4.35. The molecular formula is C19H19N3O4S. The van der Waals surface area contributed by atoms with Crippen molar-refractivity contribution >= 4 is 27.4 Å². The van der Waals surface area contributed by atoms with Crippen molar-refractivity contribution < 1.29 is 17.7 Å². The molecule has 0 aliphatic rings. The van der Waals surface area contributed by atoms with Crippen LogP contribution in [-0.4, -0.2) is 19.5 Å². The van der Waals surface area contributed by atoms with Gasteiger partial charge in [0.05, 0.1) is 10.6 Å². The molecule has 8 heteroatoms. The summed E-state index contributed by atoms with van der Waals surface area (Å²) in [5.74, 6) is 0.343. The van der Waals surface area contributed by atoms with Crippen LogP contribution in [0.15, 0.2) is 64.0 Å². The summed E-state index contributed by atoms with van der Waals surface area (Å²) in [5, 5.41) is 6.26. The summed E-state index contributed by atoms with van der Waals surface area (Å²) in [6, 6.07) is 14.6. The lowest BCUT2D eigenvalue weighted by molar-refractivity contribution is 0.102. The number of nitrogens with one attached hydrogen (secondary N) is 2. The first-order valence-corrected chi connectivity index (χ1v) is 9.83. The number of carbonyl (C=O) groups is 1. The number of hydrogen-bond donors (Lipinski definition) is 2. The van der Waals surface area contributed by atoms with Crippen LogP contribution >= 0.6 is 0 Å². The minimum atomic E-state index is -3.83. The molecular weight excluding hydrogens is 366 g/mol. The number of carbonyl (C=O) groups excluding carboxylic acids is 1. The van der Waals surface area contributed by atoms with Gasteiger partial charge in [0.15, 0.2) is 5.82 Å². The third-order valence-electron chi connectivity index (χ3n) is 3.92. The Labute approximate surface area is 157 Å². The van der Waals surface area contributed by atoms with Crippen LogP contribution in [0.25, 0.3) is 0 Å². The fraction of sp³-hybridized carbons (Fsp3) is 0.158. The summed E-state index contributed by atoms with van der Waals surface area (Å²) >= 11 is 0. The molecule has 2 N–H and O–H groups in total. The van der Waals surface area contributed by atoms with E-state index in [2.05, 4.69) is 15.2 Å². The van der Waals surface area contributed by atoms with Crippen molar-refractivity contribution in [1.29, 1.82) is 0 Å². The highest BCUT2D eigenvalue weighted by atomic mass is 32.2. The number of nitrogens with zero attached hydrogens (tertiary/aromatic N) is 1. The molecule has 3 aromatic rings. The highest BCUT2D eigenvalue weighted by molar-refractivity contribution is 7.92. The quantitative estimate of drug-likeness (QED) is 0.675. The number of para-hydroxylation sites is 1. The van der Waals surface area contributed by atoms with Gasteiger partial charge in [-0.2, -0.15) is 0 Å². The second-order valence-electron chi connectivity index (χ2n) is 5.92. The molecule has 2 aromatic carbocycles. The number of sulfonamides is 1. The van der Waals surface area contributed by atoms with Crippen molar-refractivity contribution in [2.75, 3.05) is 10.0 Å². The Morgan fingerprint density at radius 3 is 2.59 bits per heavy atom. The van der Waals surface area contributed by atoms with E-state index in [-0.39, 0.29) is 16.3 Å². The van der Waals surface area contributed by atoms with Crippen LogP contribution in [0.1, 0.15) is 28.6 Å². The molecule has 7 nitrogen and oxygen atoms in total. The summed E-state index contributed by atoms with van der Waals surface area (Å²) in [7, 11) is -3.83. The normalized spacial score (nSPS) is 11.2. The van der Waals surface area contributed by atoms with Crippen LogP contribution in [0, 0.1) is 6.92 Å². The largest absolute Gasteiger partial charge is 0.360 e. The lowest BCUT2D eigenvalue weighted by Gasteiger charge is -2.12. The average Bonchev–Trinajstić information content (AvgIpc) is 3.06. The predicted molar refractivity (Wildman–Crippen MR) is 102 cm³/mol. The third-order valence-corrected chi connectivity index (χ3v) is 5.28. The molecule has 1 heterocycles. The van der Waals surface area contributed by atoms with Crippen molar-refractivity contribution in [3.63, 3.8) is 0 Å². The maximum atomic E-state index is 12.7. The topological polar surface area (TPSA) is 101 Å². The van der Waals surface area contributed by atoms with Gasteiger partial charge in [0.2, 0.25) is 0 Å². The Balaban J connectivity index is 1.84. The number of anilines is 2. The molecule has 0 spiro atoms. The monoisotopic (exact) mass is 385 g/mol.